The van der Waals surface area contributed by atoms with E-state index in [1.165, 1.54) is 6.33 Å². The van der Waals surface area contributed by atoms with E-state index in [1.807, 2.05) is 23.9 Å². The summed E-state index contributed by atoms with van der Waals surface area (Å²) in [6.07, 6.45) is 3.28. The number of ether oxygens (including phenoxy) is 1. The Labute approximate surface area is 106 Å². The van der Waals surface area contributed by atoms with E-state index in [1.54, 1.807) is 13.3 Å². The topological polar surface area (TPSA) is 64.9 Å². The molecule has 0 saturated carbocycles. The predicted octanol–water partition coefficient (Wildman–Crippen LogP) is 0.918. The van der Waals surface area contributed by atoms with Crippen LogP contribution in [0, 0.1) is 0 Å². The first-order valence-electron chi connectivity index (χ1n) is 5.83. The second-order valence-corrected chi connectivity index (χ2v) is 3.86. The van der Waals surface area contributed by atoms with Crippen LogP contribution in [0.1, 0.15) is 24.4 Å². The smallest absolute Gasteiger partial charge is 0.216 e. The zero-order valence-corrected chi connectivity index (χ0v) is 10.8. The molecule has 6 nitrogen and oxygen atoms in total. The average molecular weight is 247 g/mol. The minimum Gasteiger partial charge on any atom is -0.481 e. The monoisotopic (exact) mass is 247 g/mol. The number of methoxy groups -OCH3 is 1. The number of hydrogen-bond donors (Lipinski definition) is 1. The Kier molecular flexibility index (Phi) is 3.88. The van der Waals surface area contributed by atoms with Crippen LogP contribution in [-0.2, 0) is 7.05 Å². The average Bonchev–Trinajstić information content (AvgIpc) is 2.82. The summed E-state index contributed by atoms with van der Waals surface area (Å²) in [7, 11) is 3.51. The van der Waals surface area contributed by atoms with Crippen molar-refractivity contribution >= 4 is 0 Å². The highest BCUT2D eigenvalue weighted by atomic mass is 16.5. The summed E-state index contributed by atoms with van der Waals surface area (Å²) < 4.78 is 6.96. The van der Waals surface area contributed by atoms with Crippen LogP contribution in [-0.4, -0.2) is 33.4 Å². The van der Waals surface area contributed by atoms with E-state index < -0.39 is 0 Å². The summed E-state index contributed by atoms with van der Waals surface area (Å²) in [4.78, 5) is 8.33. The number of hydrogen-bond acceptors (Lipinski definition) is 5. The first-order valence-corrected chi connectivity index (χ1v) is 5.83. The molecule has 0 radical (unpaired) electrons. The molecular weight excluding hydrogens is 230 g/mol. The fraction of sp³-hybridized carbons (Fsp3) is 0.417. The quantitative estimate of drug-likeness (QED) is 0.851. The van der Waals surface area contributed by atoms with Crippen molar-refractivity contribution in [2.24, 2.45) is 7.05 Å². The van der Waals surface area contributed by atoms with Gasteiger partial charge in [0.1, 0.15) is 6.33 Å². The first-order chi connectivity index (χ1) is 8.76. The lowest BCUT2D eigenvalue weighted by atomic mass is 10.1. The Hall–Kier alpha value is -1.95. The van der Waals surface area contributed by atoms with Gasteiger partial charge in [-0.1, -0.05) is 6.92 Å². The molecule has 1 N–H and O–H groups in total. The molecule has 0 saturated heterocycles. The third-order valence-electron chi connectivity index (χ3n) is 2.73. The number of aryl methyl sites for hydroxylation is 1. The molecule has 0 aliphatic rings. The number of nitrogens with zero attached hydrogens (tertiary/aromatic N) is 4. The molecule has 2 aromatic rings. The number of rotatable bonds is 5. The summed E-state index contributed by atoms with van der Waals surface area (Å²) in [5.74, 6) is 0.560. The van der Waals surface area contributed by atoms with Gasteiger partial charge in [0.15, 0.2) is 0 Å². The fourth-order valence-corrected chi connectivity index (χ4v) is 1.86. The molecule has 1 atom stereocenters. The van der Waals surface area contributed by atoms with Crippen molar-refractivity contribution in [1.82, 2.24) is 25.1 Å². The lowest BCUT2D eigenvalue weighted by Gasteiger charge is -2.17. The van der Waals surface area contributed by atoms with Gasteiger partial charge < -0.3 is 10.1 Å². The van der Waals surface area contributed by atoms with Crippen LogP contribution in [0.5, 0.6) is 5.88 Å². The predicted molar refractivity (Wildman–Crippen MR) is 67.3 cm³/mol. The van der Waals surface area contributed by atoms with Crippen molar-refractivity contribution in [3.05, 3.63) is 36.0 Å². The lowest BCUT2D eigenvalue weighted by molar-refractivity contribution is 0.394. The maximum Gasteiger partial charge on any atom is 0.216 e. The van der Waals surface area contributed by atoms with Crippen molar-refractivity contribution < 1.29 is 4.74 Å². The second kappa shape index (κ2) is 5.59. The molecule has 0 aliphatic carbocycles. The van der Waals surface area contributed by atoms with E-state index in [9.17, 15) is 0 Å². The standard InChI is InChI=1S/C12H17N5O/c1-4-13-12(10-5-6-16-17(10)2)9-7-11(18-3)15-8-14-9/h5-8,12-13H,4H2,1-3H3. The summed E-state index contributed by atoms with van der Waals surface area (Å²) in [5, 5.41) is 7.58. The molecule has 0 bridgehead atoms. The van der Waals surface area contributed by atoms with Gasteiger partial charge in [0.2, 0.25) is 5.88 Å². The van der Waals surface area contributed by atoms with E-state index in [2.05, 4.69) is 27.3 Å². The molecular formula is C12H17N5O. The summed E-state index contributed by atoms with van der Waals surface area (Å²) in [5.41, 5.74) is 1.92. The summed E-state index contributed by atoms with van der Waals surface area (Å²) in [6, 6.07) is 3.79. The highest BCUT2D eigenvalue weighted by molar-refractivity contribution is 5.24. The second-order valence-electron chi connectivity index (χ2n) is 3.86. The molecule has 0 aromatic carbocycles. The maximum absolute atomic E-state index is 5.13. The molecule has 96 valence electrons. The largest absolute Gasteiger partial charge is 0.481 e. The maximum atomic E-state index is 5.13. The van der Waals surface area contributed by atoms with Crippen LogP contribution >= 0.6 is 0 Å². The zero-order chi connectivity index (χ0) is 13.0. The van der Waals surface area contributed by atoms with Gasteiger partial charge >= 0.3 is 0 Å². The molecule has 0 amide bonds. The molecule has 2 rings (SSSR count). The SMILES string of the molecule is CCNC(c1cc(OC)ncn1)c1ccnn1C. The molecule has 1 unspecified atom stereocenters. The third-order valence-corrected chi connectivity index (χ3v) is 2.73. The van der Waals surface area contributed by atoms with Gasteiger partial charge in [0.05, 0.1) is 24.5 Å². The van der Waals surface area contributed by atoms with Gasteiger partial charge in [-0.25, -0.2) is 9.97 Å². The van der Waals surface area contributed by atoms with E-state index in [4.69, 9.17) is 4.74 Å². The van der Waals surface area contributed by atoms with Crippen LogP contribution < -0.4 is 10.1 Å². The Morgan fingerprint density at radius 2 is 2.28 bits per heavy atom. The van der Waals surface area contributed by atoms with Gasteiger partial charge in [-0.05, 0) is 12.6 Å². The van der Waals surface area contributed by atoms with Gasteiger partial charge in [-0.2, -0.15) is 5.10 Å². The highest BCUT2D eigenvalue weighted by Gasteiger charge is 2.18. The number of nitrogens with one attached hydrogen (secondary N) is 1. The van der Waals surface area contributed by atoms with Gasteiger partial charge in [-0.3, -0.25) is 4.68 Å². The zero-order valence-electron chi connectivity index (χ0n) is 10.8. The van der Waals surface area contributed by atoms with Crippen molar-refractivity contribution in [3.63, 3.8) is 0 Å². The Morgan fingerprint density at radius 3 is 2.89 bits per heavy atom. The third kappa shape index (κ3) is 2.48. The van der Waals surface area contributed by atoms with Gasteiger partial charge in [0.25, 0.3) is 0 Å². The molecule has 0 aliphatic heterocycles. The first kappa shape index (κ1) is 12.5. The molecule has 0 spiro atoms. The molecule has 0 fully saturated rings. The van der Waals surface area contributed by atoms with Crippen LogP contribution in [0.2, 0.25) is 0 Å². The molecule has 2 heterocycles. The van der Waals surface area contributed by atoms with Crippen molar-refractivity contribution in [2.45, 2.75) is 13.0 Å². The summed E-state index contributed by atoms with van der Waals surface area (Å²) >= 11 is 0. The molecule has 2 aromatic heterocycles. The van der Waals surface area contributed by atoms with Crippen molar-refractivity contribution in [2.75, 3.05) is 13.7 Å². The highest BCUT2D eigenvalue weighted by Crippen LogP contribution is 2.21. The Balaban J connectivity index is 2.38. The van der Waals surface area contributed by atoms with Crippen LogP contribution in [0.4, 0.5) is 0 Å². The fourth-order valence-electron chi connectivity index (χ4n) is 1.86. The Morgan fingerprint density at radius 1 is 1.44 bits per heavy atom. The minimum atomic E-state index is -0.0144. The van der Waals surface area contributed by atoms with Crippen LogP contribution in [0.25, 0.3) is 0 Å². The summed E-state index contributed by atoms with van der Waals surface area (Å²) in [6.45, 7) is 2.89. The van der Waals surface area contributed by atoms with Crippen LogP contribution in [0.15, 0.2) is 24.7 Å². The van der Waals surface area contributed by atoms with E-state index in [0.717, 1.165) is 17.9 Å². The lowest BCUT2D eigenvalue weighted by Crippen LogP contribution is -2.25. The number of aromatic nitrogens is 4. The van der Waals surface area contributed by atoms with Crippen LogP contribution in [0.3, 0.4) is 0 Å². The van der Waals surface area contributed by atoms with E-state index in [0.29, 0.717) is 5.88 Å². The van der Waals surface area contributed by atoms with Crippen molar-refractivity contribution in [1.29, 1.82) is 0 Å². The normalized spacial score (nSPS) is 12.4. The van der Waals surface area contributed by atoms with Gasteiger partial charge in [-0.15, -0.1) is 0 Å². The van der Waals surface area contributed by atoms with Gasteiger partial charge in [0, 0.05) is 19.3 Å². The molecule has 18 heavy (non-hydrogen) atoms. The Bertz CT molecular complexity index is 511. The van der Waals surface area contributed by atoms with E-state index in [-0.39, 0.29) is 6.04 Å². The van der Waals surface area contributed by atoms with Crippen molar-refractivity contribution in [3.8, 4) is 5.88 Å². The molecule has 6 heteroatoms. The van der Waals surface area contributed by atoms with E-state index >= 15 is 0 Å². The minimum absolute atomic E-state index is 0.0144.